The van der Waals surface area contributed by atoms with Crippen LogP contribution >= 0.6 is 11.6 Å². The summed E-state index contributed by atoms with van der Waals surface area (Å²) in [5.41, 5.74) is 6.03. The molecular formula is C29H26ClN5O+2. The lowest BCUT2D eigenvalue weighted by molar-refractivity contribution is -0.671. The third kappa shape index (κ3) is 5.14. The zero-order valence-electron chi connectivity index (χ0n) is 20.0. The Bertz CT molecular complexity index is 1520. The van der Waals surface area contributed by atoms with Gasteiger partial charge in [0.05, 0.1) is 16.8 Å². The molecule has 3 aromatic carbocycles. The highest BCUT2D eigenvalue weighted by Gasteiger charge is 2.14. The van der Waals surface area contributed by atoms with Gasteiger partial charge in [-0.25, -0.2) is 4.57 Å². The first-order chi connectivity index (χ1) is 17.5. The van der Waals surface area contributed by atoms with E-state index in [0.29, 0.717) is 10.6 Å². The van der Waals surface area contributed by atoms with Crippen LogP contribution in [0.4, 0.5) is 28.4 Å². The molecule has 2 heterocycles. The van der Waals surface area contributed by atoms with E-state index in [4.69, 9.17) is 11.6 Å². The van der Waals surface area contributed by atoms with Crippen molar-refractivity contribution in [2.75, 3.05) is 16.0 Å². The van der Waals surface area contributed by atoms with E-state index in [1.54, 1.807) is 12.1 Å². The number of aryl methyl sites for hydroxylation is 2. The molecule has 0 atom stereocenters. The maximum absolute atomic E-state index is 12.8. The van der Waals surface area contributed by atoms with E-state index in [0.717, 1.165) is 39.3 Å². The van der Waals surface area contributed by atoms with Gasteiger partial charge in [-0.05, 0) is 60.7 Å². The summed E-state index contributed by atoms with van der Waals surface area (Å²) < 4.78 is 3.98. The van der Waals surface area contributed by atoms with Crippen LogP contribution in [0, 0.1) is 0 Å². The van der Waals surface area contributed by atoms with Crippen LogP contribution in [0.15, 0.2) is 104 Å². The number of fused-ring (bicyclic) bond motifs is 1. The van der Waals surface area contributed by atoms with E-state index in [2.05, 4.69) is 16.0 Å². The van der Waals surface area contributed by atoms with Crippen molar-refractivity contribution in [2.24, 2.45) is 14.1 Å². The Kier molecular flexibility index (Phi) is 6.52. The molecule has 0 spiro atoms. The minimum absolute atomic E-state index is 0.165. The molecule has 7 heteroatoms. The second-order valence-electron chi connectivity index (χ2n) is 8.59. The Labute approximate surface area is 214 Å². The molecule has 5 aromatic rings. The number of nitrogens with one attached hydrogen (secondary N) is 3. The smallest absolute Gasteiger partial charge is 0.255 e. The molecule has 0 aliphatic carbocycles. The van der Waals surface area contributed by atoms with E-state index in [9.17, 15) is 4.79 Å². The van der Waals surface area contributed by atoms with Gasteiger partial charge in [-0.1, -0.05) is 17.7 Å². The van der Waals surface area contributed by atoms with Crippen molar-refractivity contribution >= 4 is 56.8 Å². The third-order valence-corrected chi connectivity index (χ3v) is 6.24. The molecule has 0 aliphatic heterocycles. The van der Waals surface area contributed by atoms with Gasteiger partial charge in [-0.15, -0.1) is 0 Å². The number of pyridine rings is 2. The predicted molar refractivity (Wildman–Crippen MR) is 145 cm³/mol. The zero-order chi connectivity index (χ0) is 25.1. The van der Waals surface area contributed by atoms with Gasteiger partial charge in [0, 0.05) is 40.8 Å². The van der Waals surface area contributed by atoms with Crippen LogP contribution in [0.2, 0.25) is 5.02 Å². The second-order valence-corrected chi connectivity index (χ2v) is 8.99. The maximum Gasteiger partial charge on any atom is 0.255 e. The lowest BCUT2D eigenvalue weighted by Gasteiger charge is -2.11. The van der Waals surface area contributed by atoms with E-state index in [1.165, 1.54) is 0 Å². The summed E-state index contributed by atoms with van der Waals surface area (Å²) in [6.07, 6.45) is 5.93. The summed E-state index contributed by atoms with van der Waals surface area (Å²) in [5, 5.41) is 11.5. The molecule has 36 heavy (non-hydrogen) atoms. The van der Waals surface area contributed by atoms with Gasteiger partial charge in [0.1, 0.15) is 19.1 Å². The van der Waals surface area contributed by atoms with Gasteiger partial charge in [-0.2, -0.15) is 4.57 Å². The summed E-state index contributed by atoms with van der Waals surface area (Å²) in [5.74, 6) is -0.165. The molecule has 5 rings (SSSR count). The molecule has 178 valence electrons. The number of anilines is 5. The van der Waals surface area contributed by atoms with Gasteiger partial charge in [0.15, 0.2) is 18.6 Å². The lowest BCUT2D eigenvalue weighted by Crippen LogP contribution is -2.28. The Morgan fingerprint density at radius 2 is 1.31 bits per heavy atom. The molecule has 1 amide bonds. The van der Waals surface area contributed by atoms with Crippen molar-refractivity contribution in [1.29, 1.82) is 0 Å². The van der Waals surface area contributed by atoms with Crippen LogP contribution in [0.1, 0.15) is 10.4 Å². The molecule has 0 unspecified atom stereocenters. The molecule has 0 aliphatic rings. The molecule has 0 radical (unpaired) electrons. The van der Waals surface area contributed by atoms with Crippen LogP contribution in [-0.4, -0.2) is 5.91 Å². The number of rotatable bonds is 6. The van der Waals surface area contributed by atoms with Crippen molar-refractivity contribution in [2.45, 2.75) is 0 Å². The van der Waals surface area contributed by atoms with E-state index in [-0.39, 0.29) is 5.91 Å². The first kappa shape index (κ1) is 23.3. The van der Waals surface area contributed by atoms with Crippen molar-refractivity contribution in [3.63, 3.8) is 0 Å². The van der Waals surface area contributed by atoms with E-state index in [1.807, 2.05) is 115 Å². The Balaban J connectivity index is 1.24. The minimum atomic E-state index is -0.165. The first-order valence-electron chi connectivity index (χ1n) is 11.5. The highest BCUT2D eigenvalue weighted by Crippen LogP contribution is 2.28. The van der Waals surface area contributed by atoms with Crippen molar-refractivity contribution in [1.82, 2.24) is 0 Å². The Morgan fingerprint density at radius 1 is 0.694 bits per heavy atom. The topological polar surface area (TPSA) is 60.9 Å². The fourth-order valence-corrected chi connectivity index (χ4v) is 4.31. The summed E-state index contributed by atoms with van der Waals surface area (Å²) in [4.78, 5) is 12.8. The van der Waals surface area contributed by atoms with E-state index >= 15 is 0 Å². The van der Waals surface area contributed by atoms with Crippen LogP contribution < -0.4 is 25.1 Å². The van der Waals surface area contributed by atoms with Crippen LogP contribution in [-0.2, 0) is 14.1 Å². The van der Waals surface area contributed by atoms with Gasteiger partial charge in [-0.3, -0.25) is 4.79 Å². The molecule has 0 fully saturated rings. The molecule has 0 saturated heterocycles. The molecule has 3 N–H and O–H groups in total. The number of aromatic nitrogens is 2. The highest BCUT2D eigenvalue weighted by molar-refractivity contribution is 6.35. The fourth-order valence-electron chi connectivity index (χ4n) is 4.00. The Hall–Kier alpha value is -4.42. The average molecular weight is 496 g/mol. The maximum atomic E-state index is 12.8. The number of carbonyl (C=O) groups excluding carboxylic acids is 1. The second kappa shape index (κ2) is 10.1. The minimum Gasteiger partial charge on any atom is -0.355 e. The lowest BCUT2D eigenvalue weighted by atomic mass is 10.1. The van der Waals surface area contributed by atoms with Crippen molar-refractivity contribution in [3.8, 4) is 0 Å². The summed E-state index contributed by atoms with van der Waals surface area (Å²) in [7, 11) is 3.95. The number of hydrogen-bond donors (Lipinski definition) is 3. The molecule has 0 bridgehead atoms. The SMILES string of the molecule is C[n+]1ccc(Nc2ccc(NC(=O)c3ccc(Nc4cc[n+](C)c5c(Cl)cccc45)cc3)cc2)cc1. The monoisotopic (exact) mass is 495 g/mol. The zero-order valence-corrected chi connectivity index (χ0v) is 20.8. The van der Waals surface area contributed by atoms with Crippen LogP contribution in [0.3, 0.4) is 0 Å². The highest BCUT2D eigenvalue weighted by atomic mass is 35.5. The first-order valence-corrected chi connectivity index (χ1v) is 11.9. The number of halogens is 1. The summed E-state index contributed by atoms with van der Waals surface area (Å²) >= 11 is 6.41. The number of hydrogen-bond acceptors (Lipinski definition) is 3. The predicted octanol–water partition coefficient (Wildman–Crippen LogP) is 5.88. The van der Waals surface area contributed by atoms with Crippen molar-refractivity contribution < 1.29 is 13.9 Å². The average Bonchev–Trinajstić information content (AvgIpc) is 2.89. The normalized spacial score (nSPS) is 10.8. The molecule has 2 aromatic heterocycles. The molecule has 6 nitrogen and oxygen atoms in total. The van der Waals surface area contributed by atoms with E-state index < -0.39 is 0 Å². The summed E-state index contributed by atoms with van der Waals surface area (Å²) in [6.45, 7) is 0. The van der Waals surface area contributed by atoms with Crippen LogP contribution in [0.25, 0.3) is 10.9 Å². The van der Waals surface area contributed by atoms with Gasteiger partial charge >= 0.3 is 0 Å². The van der Waals surface area contributed by atoms with Gasteiger partial charge in [0.25, 0.3) is 5.91 Å². The fraction of sp³-hybridized carbons (Fsp3) is 0.0690. The largest absolute Gasteiger partial charge is 0.355 e. The number of amides is 1. The van der Waals surface area contributed by atoms with Gasteiger partial charge < -0.3 is 16.0 Å². The third-order valence-electron chi connectivity index (χ3n) is 5.93. The van der Waals surface area contributed by atoms with Gasteiger partial charge in [0.2, 0.25) is 5.52 Å². The standard InChI is InChI=1S/C29H24ClN5O/c1-34-17-14-24(15-18-34)31-21-10-12-23(13-11-21)33-29(36)20-6-8-22(9-7-20)32-27-16-19-35(2)28-25(27)4-3-5-26(28)30/h3-19H,1-2H3,(H,33,36)/p+2. The van der Waals surface area contributed by atoms with Crippen LogP contribution in [0.5, 0.6) is 0 Å². The quantitative estimate of drug-likeness (QED) is 0.258. The molecular weight excluding hydrogens is 470 g/mol. The summed E-state index contributed by atoms with van der Waals surface area (Å²) in [6, 6.07) is 26.9. The van der Waals surface area contributed by atoms with Crippen molar-refractivity contribution in [3.05, 3.63) is 114 Å². The molecule has 0 saturated carbocycles. The Morgan fingerprint density at radius 3 is 2.03 bits per heavy atom. The number of para-hydroxylation sites is 1. The number of nitrogens with zero attached hydrogens (tertiary/aromatic N) is 2. The number of benzene rings is 3. The number of carbonyl (C=O) groups is 1.